The number of aliphatic hydroxyl groups is 1. The molecular weight excluding hydrogens is 448 g/mol. The van der Waals surface area contributed by atoms with Crippen LogP contribution in [0.5, 0.6) is 11.5 Å². The Morgan fingerprint density at radius 2 is 1.86 bits per heavy atom. The molecule has 2 heterocycles. The van der Waals surface area contributed by atoms with E-state index in [0.29, 0.717) is 19.3 Å². The SMILES string of the molecule is Cc1c(C)c2c(c(C)c1O)C(CC[C@H](NC(=O)[C@@H]1CC(=O)N1)C(=O)C1CCC[C@H]1CO)C(C)(C)O2. The minimum Gasteiger partial charge on any atom is -0.507 e. The number of carbonyl (C=O) groups is 3. The van der Waals surface area contributed by atoms with Crippen LogP contribution in [0.4, 0.5) is 0 Å². The number of hydrogen-bond donors (Lipinski definition) is 4. The van der Waals surface area contributed by atoms with Crippen molar-refractivity contribution in [1.82, 2.24) is 10.6 Å². The molecule has 1 saturated carbocycles. The predicted octanol–water partition coefficient (Wildman–Crippen LogP) is 2.70. The van der Waals surface area contributed by atoms with Crippen LogP contribution in [-0.2, 0) is 14.4 Å². The number of rotatable bonds is 8. The number of amides is 2. The predicted molar refractivity (Wildman–Crippen MR) is 130 cm³/mol. The van der Waals surface area contributed by atoms with Crippen molar-refractivity contribution in [3.05, 3.63) is 22.3 Å². The summed E-state index contributed by atoms with van der Waals surface area (Å²) in [6.45, 7) is 9.71. The zero-order valence-corrected chi connectivity index (χ0v) is 21.4. The lowest BCUT2D eigenvalue weighted by atomic mass is 9.78. The van der Waals surface area contributed by atoms with Gasteiger partial charge in [-0.05, 0) is 82.9 Å². The number of aromatic hydroxyl groups is 1. The van der Waals surface area contributed by atoms with Crippen LogP contribution in [0.25, 0.3) is 0 Å². The number of hydrogen-bond acceptors (Lipinski definition) is 6. The van der Waals surface area contributed by atoms with Gasteiger partial charge in [0.05, 0.1) is 12.5 Å². The summed E-state index contributed by atoms with van der Waals surface area (Å²) in [5.41, 5.74) is 2.93. The van der Waals surface area contributed by atoms with Crippen molar-refractivity contribution < 1.29 is 29.3 Å². The minimum atomic E-state index is -0.711. The Morgan fingerprint density at radius 1 is 1.17 bits per heavy atom. The number of benzene rings is 1. The third kappa shape index (κ3) is 4.53. The number of fused-ring (bicyclic) bond motifs is 1. The number of ether oxygens (including phenoxy) is 1. The van der Waals surface area contributed by atoms with Crippen LogP contribution in [0.15, 0.2) is 0 Å². The number of nitrogens with one attached hydrogen (secondary N) is 2. The molecule has 2 amide bonds. The summed E-state index contributed by atoms with van der Waals surface area (Å²) in [5, 5.41) is 26.0. The Hall–Kier alpha value is -2.61. The molecule has 2 fully saturated rings. The summed E-state index contributed by atoms with van der Waals surface area (Å²) in [4.78, 5) is 37.7. The third-order valence-corrected chi connectivity index (χ3v) is 8.52. The molecule has 2 aliphatic heterocycles. The van der Waals surface area contributed by atoms with E-state index in [1.54, 1.807) is 0 Å². The fourth-order valence-electron chi connectivity index (χ4n) is 6.15. The van der Waals surface area contributed by atoms with E-state index < -0.39 is 17.7 Å². The lowest BCUT2D eigenvalue weighted by Crippen LogP contribution is -2.59. The van der Waals surface area contributed by atoms with Crippen LogP contribution in [0.2, 0.25) is 0 Å². The second-order valence-electron chi connectivity index (χ2n) is 11.1. The summed E-state index contributed by atoms with van der Waals surface area (Å²) >= 11 is 0. The van der Waals surface area contributed by atoms with Gasteiger partial charge < -0.3 is 25.6 Å². The van der Waals surface area contributed by atoms with E-state index in [1.807, 2.05) is 34.6 Å². The molecular formula is C27H38N2O6. The van der Waals surface area contributed by atoms with Gasteiger partial charge in [-0.2, -0.15) is 0 Å². The summed E-state index contributed by atoms with van der Waals surface area (Å²) in [6, 6.07) is -1.32. The lowest BCUT2D eigenvalue weighted by molar-refractivity contribution is -0.139. The maximum absolute atomic E-state index is 13.6. The van der Waals surface area contributed by atoms with Gasteiger partial charge in [0.2, 0.25) is 11.8 Å². The molecule has 0 bridgehead atoms. The van der Waals surface area contributed by atoms with Gasteiger partial charge >= 0.3 is 0 Å². The number of phenolic OH excluding ortho intramolecular Hbond substituents is 1. The fourth-order valence-corrected chi connectivity index (χ4v) is 6.15. The average molecular weight is 487 g/mol. The molecule has 1 aliphatic carbocycles. The van der Waals surface area contributed by atoms with Gasteiger partial charge in [-0.15, -0.1) is 0 Å². The summed E-state index contributed by atoms with van der Waals surface area (Å²) < 4.78 is 6.38. The Balaban J connectivity index is 1.58. The van der Waals surface area contributed by atoms with E-state index in [9.17, 15) is 24.6 Å². The molecule has 1 saturated heterocycles. The smallest absolute Gasteiger partial charge is 0.243 e. The highest BCUT2D eigenvalue weighted by Crippen LogP contribution is 2.53. The highest BCUT2D eigenvalue weighted by Gasteiger charge is 2.45. The van der Waals surface area contributed by atoms with E-state index in [2.05, 4.69) is 10.6 Å². The maximum Gasteiger partial charge on any atom is 0.243 e. The van der Waals surface area contributed by atoms with E-state index in [4.69, 9.17) is 4.74 Å². The zero-order chi connectivity index (χ0) is 25.7. The van der Waals surface area contributed by atoms with Crippen LogP contribution in [0.3, 0.4) is 0 Å². The van der Waals surface area contributed by atoms with Crippen molar-refractivity contribution in [3.8, 4) is 11.5 Å². The first kappa shape index (κ1) is 25.5. The molecule has 1 aromatic rings. The van der Waals surface area contributed by atoms with E-state index in [0.717, 1.165) is 40.8 Å². The van der Waals surface area contributed by atoms with E-state index >= 15 is 0 Å². The van der Waals surface area contributed by atoms with Gasteiger partial charge in [-0.1, -0.05) is 6.42 Å². The van der Waals surface area contributed by atoms with Crippen molar-refractivity contribution >= 4 is 17.6 Å². The standard InChI is InChI=1S/C27H38N2O6/c1-13-14(2)25-22(15(3)23(13)32)18(27(4,5)35-25)9-10-19(29-26(34)20-11-21(31)28-20)24(33)17-8-6-7-16(17)12-30/h16-20,30,32H,6-12H2,1-5H3,(H,28,31)(H,29,34)/t16-,17?,18?,19-,20-/m0/s1. The molecule has 0 aromatic heterocycles. The molecule has 4 N–H and O–H groups in total. The quantitative estimate of drug-likeness (QED) is 0.419. The Bertz CT molecular complexity index is 1040. The van der Waals surface area contributed by atoms with Crippen LogP contribution < -0.4 is 15.4 Å². The van der Waals surface area contributed by atoms with Gasteiger partial charge in [-0.3, -0.25) is 14.4 Å². The molecule has 5 atom stereocenters. The molecule has 35 heavy (non-hydrogen) atoms. The second kappa shape index (κ2) is 9.45. The largest absolute Gasteiger partial charge is 0.507 e. The molecule has 4 rings (SSSR count). The first-order valence-corrected chi connectivity index (χ1v) is 12.7. The molecule has 8 nitrogen and oxygen atoms in total. The monoisotopic (exact) mass is 486 g/mol. The van der Waals surface area contributed by atoms with Crippen molar-refractivity contribution in [2.24, 2.45) is 11.8 Å². The van der Waals surface area contributed by atoms with Crippen LogP contribution >= 0.6 is 0 Å². The Labute approximate surface area is 206 Å². The number of aliphatic hydroxyl groups excluding tert-OH is 1. The number of Topliss-reactive ketones (excluding diaryl/α,β-unsaturated/α-hetero) is 1. The van der Waals surface area contributed by atoms with Crippen molar-refractivity contribution in [2.45, 2.75) is 96.7 Å². The molecule has 8 heteroatoms. The average Bonchev–Trinajstić information content (AvgIpc) is 3.38. The topological polar surface area (TPSA) is 125 Å². The van der Waals surface area contributed by atoms with Gasteiger partial charge in [-0.25, -0.2) is 0 Å². The van der Waals surface area contributed by atoms with Crippen LogP contribution in [0.1, 0.15) is 80.5 Å². The highest BCUT2D eigenvalue weighted by molar-refractivity contribution is 5.99. The molecule has 1 aromatic carbocycles. The van der Waals surface area contributed by atoms with E-state index in [-0.39, 0.29) is 54.1 Å². The normalized spacial score (nSPS) is 27.4. The van der Waals surface area contributed by atoms with Crippen LogP contribution in [-0.4, -0.2) is 52.1 Å². The minimum absolute atomic E-state index is 0.0380. The van der Waals surface area contributed by atoms with Crippen molar-refractivity contribution in [2.75, 3.05) is 6.61 Å². The van der Waals surface area contributed by atoms with Gasteiger partial charge in [0, 0.05) is 24.0 Å². The molecule has 2 unspecified atom stereocenters. The van der Waals surface area contributed by atoms with Gasteiger partial charge in [0.25, 0.3) is 0 Å². The molecule has 0 radical (unpaired) electrons. The van der Waals surface area contributed by atoms with Gasteiger partial charge in [0.1, 0.15) is 23.1 Å². The second-order valence-corrected chi connectivity index (χ2v) is 11.1. The highest BCUT2D eigenvalue weighted by atomic mass is 16.5. The zero-order valence-electron chi connectivity index (χ0n) is 21.4. The fraction of sp³-hybridized carbons (Fsp3) is 0.667. The number of ketones is 1. The first-order chi connectivity index (χ1) is 16.5. The lowest BCUT2D eigenvalue weighted by Gasteiger charge is -2.31. The number of carbonyl (C=O) groups excluding carboxylic acids is 3. The number of phenols is 1. The van der Waals surface area contributed by atoms with Crippen LogP contribution in [0, 0.1) is 32.6 Å². The molecule has 3 aliphatic rings. The Morgan fingerprint density at radius 3 is 2.49 bits per heavy atom. The first-order valence-electron chi connectivity index (χ1n) is 12.7. The van der Waals surface area contributed by atoms with Crippen molar-refractivity contribution in [3.63, 3.8) is 0 Å². The third-order valence-electron chi connectivity index (χ3n) is 8.52. The summed E-state index contributed by atoms with van der Waals surface area (Å²) in [7, 11) is 0. The maximum atomic E-state index is 13.6. The molecule has 192 valence electrons. The number of β-lactam (4-membered cyclic amide) rings is 1. The summed E-state index contributed by atoms with van der Waals surface area (Å²) in [6.07, 6.45) is 3.51. The summed E-state index contributed by atoms with van der Waals surface area (Å²) in [5.74, 6) is 0.0709. The van der Waals surface area contributed by atoms with Gasteiger partial charge in [0.15, 0.2) is 5.78 Å². The Kier molecular flexibility index (Phi) is 6.88. The molecule has 0 spiro atoms. The van der Waals surface area contributed by atoms with Crippen molar-refractivity contribution in [1.29, 1.82) is 0 Å². The van der Waals surface area contributed by atoms with E-state index in [1.165, 1.54) is 0 Å².